The molecule has 0 spiro atoms. The summed E-state index contributed by atoms with van der Waals surface area (Å²) in [6.45, 7) is -0.144. The molecule has 29 heavy (non-hydrogen) atoms. The first kappa shape index (κ1) is 27.6. The number of ether oxygens (including phenoxy) is 3. The Hall–Kier alpha value is -1.43. The average molecular weight is 472 g/mol. The van der Waals surface area contributed by atoms with E-state index in [4.69, 9.17) is 0 Å². The van der Waals surface area contributed by atoms with Gasteiger partial charge >= 0.3 is 42.5 Å². The largest absolute Gasteiger partial charge is 0.460 e. The molecule has 0 rings (SSSR count). The molecule has 0 aromatic rings. The third-order valence-electron chi connectivity index (χ3n) is 2.49. The summed E-state index contributed by atoms with van der Waals surface area (Å²) < 4.78 is 197. The zero-order valence-corrected chi connectivity index (χ0v) is 13.1. The SMILES string of the molecule is C=CCOCC(F)(F)OC(F)(F)C(F)(F)OC(F)(F)C(F)(F)C(F)(F)C(F)(F)F. The van der Waals surface area contributed by atoms with Crippen molar-refractivity contribution in [3.8, 4) is 0 Å². The molecular formula is C11H7F15O3. The van der Waals surface area contributed by atoms with Crippen LogP contribution in [0.4, 0.5) is 65.9 Å². The summed E-state index contributed by atoms with van der Waals surface area (Å²) in [6, 6.07) is 0. The van der Waals surface area contributed by atoms with Gasteiger partial charge in [-0.2, -0.15) is 65.9 Å². The highest BCUT2D eigenvalue weighted by molar-refractivity contribution is 4.97. The van der Waals surface area contributed by atoms with E-state index >= 15 is 0 Å². The molecule has 0 aliphatic carbocycles. The van der Waals surface area contributed by atoms with E-state index < -0.39 is 55.7 Å². The molecule has 0 unspecified atom stereocenters. The average Bonchev–Trinajstić information content (AvgIpc) is 2.43. The van der Waals surface area contributed by atoms with Crippen molar-refractivity contribution in [3.63, 3.8) is 0 Å². The van der Waals surface area contributed by atoms with Crippen LogP contribution in [0.5, 0.6) is 0 Å². The van der Waals surface area contributed by atoms with Gasteiger partial charge in [-0.3, -0.25) is 0 Å². The minimum Gasteiger partial charge on any atom is -0.368 e. The topological polar surface area (TPSA) is 27.7 Å². The van der Waals surface area contributed by atoms with Gasteiger partial charge in [0.1, 0.15) is 6.61 Å². The van der Waals surface area contributed by atoms with Crippen LogP contribution < -0.4 is 0 Å². The van der Waals surface area contributed by atoms with Gasteiger partial charge in [0, 0.05) is 0 Å². The summed E-state index contributed by atoms with van der Waals surface area (Å²) in [5.41, 5.74) is 0. The Kier molecular flexibility index (Phi) is 7.62. The van der Waals surface area contributed by atoms with Crippen LogP contribution in [0.2, 0.25) is 0 Å². The van der Waals surface area contributed by atoms with E-state index in [1.165, 1.54) is 4.74 Å². The third kappa shape index (κ3) is 5.80. The predicted molar refractivity (Wildman–Crippen MR) is 58.9 cm³/mol. The summed E-state index contributed by atoms with van der Waals surface area (Å²) in [7, 11) is 0. The maximum atomic E-state index is 13.0. The van der Waals surface area contributed by atoms with E-state index in [9.17, 15) is 65.9 Å². The molecule has 0 saturated heterocycles. The number of hydrogen-bond donors (Lipinski definition) is 0. The van der Waals surface area contributed by atoms with Crippen molar-refractivity contribution in [3.05, 3.63) is 12.7 Å². The second-order valence-electron chi connectivity index (χ2n) is 4.84. The van der Waals surface area contributed by atoms with Crippen LogP contribution in [0.3, 0.4) is 0 Å². The van der Waals surface area contributed by atoms with Crippen LogP contribution in [0.1, 0.15) is 0 Å². The summed E-state index contributed by atoms with van der Waals surface area (Å²) in [5, 5.41) is 0. The molecule has 0 heterocycles. The Bertz CT molecular complexity index is 568. The first-order valence-corrected chi connectivity index (χ1v) is 6.40. The Labute approximate surface area is 150 Å². The number of hydrogen-bond acceptors (Lipinski definition) is 3. The Morgan fingerprint density at radius 1 is 0.586 bits per heavy atom. The summed E-state index contributed by atoms with van der Waals surface area (Å²) in [4.78, 5) is 0. The van der Waals surface area contributed by atoms with E-state index in [1.807, 2.05) is 0 Å². The van der Waals surface area contributed by atoms with Crippen molar-refractivity contribution in [1.29, 1.82) is 0 Å². The lowest BCUT2D eigenvalue weighted by atomic mass is 10.1. The molecule has 0 aliphatic heterocycles. The Morgan fingerprint density at radius 2 is 1.00 bits per heavy atom. The second kappa shape index (κ2) is 8.01. The standard InChI is InChI=1S/C11H7F15O3/c1-2-3-27-4-5(12,13)28-10(23,24)11(25,26)29-9(21,22)7(16,17)6(14,15)8(18,19)20/h2H,1,3-4H2. The van der Waals surface area contributed by atoms with Gasteiger partial charge in [0.25, 0.3) is 0 Å². The summed E-state index contributed by atoms with van der Waals surface area (Å²) in [5.74, 6) is -15.6. The van der Waals surface area contributed by atoms with Crippen molar-refractivity contribution < 1.29 is 80.1 Å². The molecule has 0 fully saturated rings. The van der Waals surface area contributed by atoms with Crippen molar-refractivity contribution in [1.82, 2.24) is 0 Å². The Balaban J connectivity index is 5.71. The van der Waals surface area contributed by atoms with Gasteiger partial charge in [0.2, 0.25) is 0 Å². The second-order valence-corrected chi connectivity index (χ2v) is 4.84. The van der Waals surface area contributed by atoms with Crippen molar-refractivity contribution in [2.24, 2.45) is 0 Å². The molecule has 3 nitrogen and oxygen atoms in total. The summed E-state index contributed by atoms with van der Waals surface area (Å²) in [6.07, 6.45) is -34.0. The van der Waals surface area contributed by atoms with Gasteiger partial charge in [-0.05, 0) is 0 Å². The maximum Gasteiger partial charge on any atom is 0.460 e. The van der Waals surface area contributed by atoms with E-state index in [-0.39, 0.29) is 0 Å². The van der Waals surface area contributed by atoms with Crippen LogP contribution >= 0.6 is 0 Å². The fourth-order valence-electron chi connectivity index (χ4n) is 1.18. The molecule has 0 bridgehead atoms. The molecule has 0 radical (unpaired) electrons. The monoisotopic (exact) mass is 472 g/mol. The van der Waals surface area contributed by atoms with Crippen LogP contribution in [-0.4, -0.2) is 55.7 Å². The van der Waals surface area contributed by atoms with Crippen LogP contribution in [0, 0.1) is 0 Å². The molecule has 0 aliphatic rings. The van der Waals surface area contributed by atoms with E-state index in [1.54, 1.807) is 0 Å². The lowest BCUT2D eigenvalue weighted by Crippen LogP contribution is -2.64. The first-order valence-electron chi connectivity index (χ1n) is 6.40. The van der Waals surface area contributed by atoms with E-state index in [0.717, 1.165) is 6.08 Å². The smallest absolute Gasteiger partial charge is 0.368 e. The zero-order valence-electron chi connectivity index (χ0n) is 13.1. The zero-order chi connectivity index (χ0) is 23.7. The Morgan fingerprint density at radius 3 is 1.38 bits per heavy atom. The highest BCUT2D eigenvalue weighted by Gasteiger charge is 2.85. The molecule has 0 aromatic carbocycles. The molecule has 18 heteroatoms. The van der Waals surface area contributed by atoms with Gasteiger partial charge in [-0.1, -0.05) is 6.08 Å². The maximum absolute atomic E-state index is 13.0. The molecule has 0 atom stereocenters. The van der Waals surface area contributed by atoms with Crippen LogP contribution in [0.25, 0.3) is 0 Å². The van der Waals surface area contributed by atoms with Gasteiger partial charge in [0.05, 0.1) is 6.61 Å². The normalized spacial score (nSPS) is 15.6. The molecule has 0 amide bonds. The van der Waals surface area contributed by atoms with Gasteiger partial charge in [-0.15, -0.1) is 6.58 Å². The number of alkyl halides is 15. The van der Waals surface area contributed by atoms with Gasteiger partial charge in [0.15, 0.2) is 0 Å². The quantitative estimate of drug-likeness (QED) is 0.228. The molecule has 174 valence electrons. The molecule has 0 saturated carbocycles. The first-order chi connectivity index (χ1) is 12.5. The number of rotatable bonds is 11. The highest BCUT2D eigenvalue weighted by atomic mass is 19.4. The minimum atomic E-state index is -7.88. The third-order valence-corrected chi connectivity index (χ3v) is 2.49. The minimum absolute atomic E-state index is 0.745. The lowest BCUT2D eigenvalue weighted by Gasteiger charge is -2.36. The highest BCUT2D eigenvalue weighted by Crippen LogP contribution is 2.55. The molecular weight excluding hydrogens is 465 g/mol. The van der Waals surface area contributed by atoms with Gasteiger partial charge in [-0.25, -0.2) is 9.47 Å². The molecule has 0 N–H and O–H groups in total. The predicted octanol–water partition coefficient (Wildman–Crippen LogP) is 5.43. The van der Waals surface area contributed by atoms with E-state index in [2.05, 4.69) is 16.1 Å². The van der Waals surface area contributed by atoms with Crippen LogP contribution in [-0.2, 0) is 14.2 Å². The van der Waals surface area contributed by atoms with Gasteiger partial charge < -0.3 is 4.74 Å². The number of halogens is 15. The fourth-order valence-corrected chi connectivity index (χ4v) is 1.18. The van der Waals surface area contributed by atoms with Crippen molar-refractivity contribution >= 4 is 0 Å². The molecule has 0 aromatic heterocycles. The van der Waals surface area contributed by atoms with Crippen molar-refractivity contribution in [2.75, 3.05) is 13.2 Å². The van der Waals surface area contributed by atoms with E-state index in [0.29, 0.717) is 0 Å². The summed E-state index contributed by atoms with van der Waals surface area (Å²) >= 11 is 0. The fraction of sp³-hybridized carbons (Fsp3) is 0.818. The lowest BCUT2D eigenvalue weighted by molar-refractivity contribution is -0.543. The van der Waals surface area contributed by atoms with Crippen molar-refractivity contribution in [2.45, 2.75) is 42.5 Å². The van der Waals surface area contributed by atoms with Crippen LogP contribution in [0.15, 0.2) is 12.7 Å².